The maximum absolute atomic E-state index is 3.98. The van der Waals surface area contributed by atoms with Crippen LogP contribution >= 0.6 is 0 Å². The molecule has 0 aliphatic heterocycles. The smallest absolute Gasteiger partial charge is 0.0518 e. The molecule has 1 aromatic heterocycles. The first-order valence-corrected chi connectivity index (χ1v) is 6.05. The lowest BCUT2D eigenvalue weighted by Gasteiger charge is -2.21. The molecule has 1 aliphatic carbocycles. The highest BCUT2D eigenvalue weighted by Crippen LogP contribution is 2.34. The van der Waals surface area contributed by atoms with Crippen molar-refractivity contribution in [2.45, 2.75) is 51.6 Å². The third kappa shape index (κ3) is 3.06. The SMILES string of the molecule is CCC(CC1CC1)NC(C)c1ccn[nH]1. The van der Waals surface area contributed by atoms with E-state index >= 15 is 0 Å². The van der Waals surface area contributed by atoms with Crippen LogP contribution in [0.5, 0.6) is 0 Å². The first kappa shape index (κ1) is 10.7. The van der Waals surface area contributed by atoms with Gasteiger partial charge in [-0.2, -0.15) is 5.10 Å². The predicted molar refractivity (Wildman–Crippen MR) is 61.6 cm³/mol. The Kier molecular flexibility index (Phi) is 3.41. The van der Waals surface area contributed by atoms with Gasteiger partial charge in [-0.3, -0.25) is 5.10 Å². The molecule has 1 fully saturated rings. The summed E-state index contributed by atoms with van der Waals surface area (Å²) in [5, 5.41) is 10.7. The van der Waals surface area contributed by atoms with E-state index in [2.05, 4.69) is 29.4 Å². The Morgan fingerprint density at radius 3 is 2.93 bits per heavy atom. The lowest BCUT2D eigenvalue weighted by molar-refractivity contribution is 0.399. The van der Waals surface area contributed by atoms with Gasteiger partial charge in [-0.25, -0.2) is 0 Å². The zero-order chi connectivity index (χ0) is 10.7. The van der Waals surface area contributed by atoms with Crippen LogP contribution < -0.4 is 5.32 Å². The van der Waals surface area contributed by atoms with Crippen molar-refractivity contribution in [3.63, 3.8) is 0 Å². The van der Waals surface area contributed by atoms with Crippen LogP contribution in [0.4, 0.5) is 0 Å². The molecule has 15 heavy (non-hydrogen) atoms. The number of nitrogens with one attached hydrogen (secondary N) is 2. The summed E-state index contributed by atoms with van der Waals surface area (Å²) in [6, 6.07) is 3.09. The Bertz CT molecular complexity index is 277. The average molecular weight is 207 g/mol. The standard InChI is InChI=1S/C12H21N3/c1-3-11(8-10-4-5-10)14-9(2)12-6-7-13-15-12/h6-7,9-11,14H,3-5,8H2,1-2H3,(H,13,15). The largest absolute Gasteiger partial charge is 0.306 e. The van der Waals surface area contributed by atoms with Gasteiger partial charge in [-0.1, -0.05) is 19.8 Å². The molecular weight excluding hydrogens is 186 g/mol. The fourth-order valence-corrected chi connectivity index (χ4v) is 2.06. The van der Waals surface area contributed by atoms with Crippen molar-refractivity contribution in [1.29, 1.82) is 0 Å². The minimum absolute atomic E-state index is 0.385. The molecule has 2 atom stereocenters. The normalized spacial score (nSPS) is 20.1. The third-order valence-corrected chi connectivity index (χ3v) is 3.28. The second-order valence-electron chi connectivity index (χ2n) is 4.68. The van der Waals surface area contributed by atoms with Crippen molar-refractivity contribution in [3.05, 3.63) is 18.0 Å². The van der Waals surface area contributed by atoms with E-state index in [0.717, 1.165) is 5.92 Å². The van der Waals surface area contributed by atoms with Gasteiger partial charge in [0.1, 0.15) is 0 Å². The number of hydrogen-bond donors (Lipinski definition) is 2. The molecule has 2 rings (SSSR count). The van der Waals surface area contributed by atoms with E-state index < -0.39 is 0 Å². The molecule has 0 bridgehead atoms. The van der Waals surface area contributed by atoms with Crippen molar-refractivity contribution in [1.82, 2.24) is 15.5 Å². The van der Waals surface area contributed by atoms with Crippen LogP contribution in [-0.4, -0.2) is 16.2 Å². The van der Waals surface area contributed by atoms with Gasteiger partial charge < -0.3 is 5.32 Å². The van der Waals surface area contributed by atoms with E-state index in [1.54, 1.807) is 0 Å². The van der Waals surface area contributed by atoms with Crippen LogP contribution in [0.15, 0.2) is 12.3 Å². The average Bonchev–Trinajstić information content (AvgIpc) is 2.88. The van der Waals surface area contributed by atoms with Crippen LogP contribution in [0.25, 0.3) is 0 Å². The Morgan fingerprint density at radius 2 is 2.40 bits per heavy atom. The highest BCUT2D eigenvalue weighted by atomic mass is 15.1. The first-order chi connectivity index (χ1) is 7.29. The van der Waals surface area contributed by atoms with Gasteiger partial charge in [0.05, 0.1) is 5.69 Å². The summed E-state index contributed by atoms with van der Waals surface area (Å²) in [6.45, 7) is 4.46. The van der Waals surface area contributed by atoms with Crippen molar-refractivity contribution < 1.29 is 0 Å². The molecule has 1 saturated carbocycles. The quantitative estimate of drug-likeness (QED) is 0.753. The van der Waals surface area contributed by atoms with Crippen LogP contribution in [0, 0.1) is 5.92 Å². The van der Waals surface area contributed by atoms with Crippen molar-refractivity contribution in [3.8, 4) is 0 Å². The Balaban J connectivity index is 1.82. The fourth-order valence-electron chi connectivity index (χ4n) is 2.06. The molecule has 0 saturated heterocycles. The molecular formula is C12H21N3. The number of hydrogen-bond acceptors (Lipinski definition) is 2. The zero-order valence-corrected chi connectivity index (χ0v) is 9.66. The Hall–Kier alpha value is -0.830. The monoisotopic (exact) mass is 207 g/mol. The summed E-state index contributed by atoms with van der Waals surface area (Å²) in [4.78, 5) is 0. The number of rotatable bonds is 6. The fraction of sp³-hybridized carbons (Fsp3) is 0.750. The van der Waals surface area contributed by atoms with Gasteiger partial charge in [-0.15, -0.1) is 0 Å². The maximum Gasteiger partial charge on any atom is 0.0518 e. The lowest BCUT2D eigenvalue weighted by atomic mass is 10.1. The molecule has 0 spiro atoms. The number of nitrogens with zero attached hydrogens (tertiary/aromatic N) is 1. The van der Waals surface area contributed by atoms with Crippen LogP contribution in [0.3, 0.4) is 0 Å². The van der Waals surface area contributed by atoms with Gasteiger partial charge in [0.25, 0.3) is 0 Å². The van der Waals surface area contributed by atoms with Crippen LogP contribution in [-0.2, 0) is 0 Å². The van der Waals surface area contributed by atoms with E-state index in [1.807, 2.05) is 12.3 Å². The highest BCUT2D eigenvalue weighted by molar-refractivity contribution is 5.03. The topological polar surface area (TPSA) is 40.7 Å². The van der Waals surface area contributed by atoms with Crippen molar-refractivity contribution in [2.75, 3.05) is 0 Å². The Morgan fingerprint density at radius 1 is 1.60 bits per heavy atom. The number of aromatic amines is 1. The molecule has 1 heterocycles. The summed E-state index contributed by atoms with van der Waals surface area (Å²) in [5.41, 5.74) is 1.18. The summed E-state index contributed by atoms with van der Waals surface area (Å²) >= 11 is 0. The molecule has 3 nitrogen and oxygen atoms in total. The van der Waals surface area contributed by atoms with Crippen LogP contribution in [0.1, 0.15) is 51.3 Å². The molecule has 0 radical (unpaired) electrons. The van der Waals surface area contributed by atoms with E-state index in [0.29, 0.717) is 12.1 Å². The second-order valence-corrected chi connectivity index (χ2v) is 4.68. The van der Waals surface area contributed by atoms with Crippen molar-refractivity contribution in [2.24, 2.45) is 5.92 Å². The first-order valence-electron chi connectivity index (χ1n) is 6.05. The molecule has 2 N–H and O–H groups in total. The van der Waals surface area contributed by atoms with E-state index in [1.165, 1.54) is 31.4 Å². The highest BCUT2D eigenvalue weighted by Gasteiger charge is 2.25. The maximum atomic E-state index is 3.98. The molecule has 0 aromatic carbocycles. The molecule has 1 aliphatic rings. The zero-order valence-electron chi connectivity index (χ0n) is 9.66. The summed E-state index contributed by atoms with van der Waals surface area (Å²) in [5.74, 6) is 0.997. The Labute approximate surface area is 91.7 Å². The van der Waals surface area contributed by atoms with Gasteiger partial charge in [0.15, 0.2) is 0 Å². The van der Waals surface area contributed by atoms with Gasteiger partial charge in [0.2, 0.25) is 0 Å². The van der Waals surface area contributed by atoms with E-state index in [4.69, 9.17) is 0 Å². The van der Waals surface area contributed by atoms with Gasteiger partial charge in [0, 0.05) is 18.3 Å². The number of H-pyrrole nitrogens is 1. The van der Waals surface area contributed by atoms with Crippen molar-refractivity contribution >= 4 is 0 Å². The van der Waals surface area contributed by atoms with E-state index in [9.17, 15) is 0 Å². The summed E-state index contributed by atoms with van der Waals surface area (Å²) in [6.07, 6.45) is 7.26. The molecule has 0 amide bonds. The molecule has 3 heteroatoms. The van der Waals surface area contributed by atoms with Gasteiger partial charge >= 0.3 is 0 Å². The predicted octanol–water partition coefficient (Wildman–Crippen LogP) is 2.64. The second kappa shape index (κ2) is 4.79. The minimum Gasteiger partial charge on any atom is -0.306 e. The van der Waals surface area contributed by atoms with Crippen LogP contribution in [0.2, 0.25) is 0 Å². The summed E-state index contributed by atoms with van der Waals surface area (Å²) < 4.78 is 0. The van der Waals surface area contributed by atoms with E-state index in [-0.39, 0.29) is 0 Å². The number of aromatic nitrogens is 2. The lowest BCUT2D eigenvalue weighted by Crippen LogP contribution is -2.31. The minimum atomic E-state index is 0.385. The summed E-state index contributed by atoms with van der Waals surface area (Å²) in [7, 11) is 0. The molecule has 84 valence electrons. The molecule has 2 unspecified atom stereocenters. The molecule has 1 aromatic rings. The van der Waals surface area contributed by atoms with Gasteiger partial charge in [-0.05, 0) is 31.7 Å². The third-order valence-electron chi connectivity index (χ3n) is 3.28.